The van der Waals surface area contributed by atoms with Crippen molar-refractivity contribution in [1.29, 1.82) is 0 Å². The van der Waals surface area contributed by atoms with Gasteiger partial charge in [0.1, 0.15) is 0 Å². The number of hydrogen-bond acceptors (Lipinski definition) is 5. The number of nitrogens with one attached hydrogen (secondary N) is 3. The van der Waals surface area contributed by atoms with Gasteiger partial charge in [-0.2, -0.15) is 5.10 Å². The summed E-state index contributed by atoms with van der Waals surface area (Å²) in [5, 5.41) is 9.69. The molecular formula is C26H27ClN4O4. The van der Waals surface area contributed by atoms with Crippen molar-refractivity contribution in [3.8, 4) is 11.5 Å². The molecule has 0 aliphatic rings. The molecular weight excluding hydrogens is 468 g/mol. The van der Waals surface area contributed by atoms with Crippen LogP contribution in [0.4, 0.5) is 16.2 Å². The zero-order chi connectivity index (χ0) is 25.2. The molecule has 0 bridgehead atoms. The number of benzene rings is 3. The smallest absolute Gasteiger partial charge is 0.339 e. The Morgan fingerprint density at radius 2 is 1.74 bits per heavy atom. The summed E-state index contributed by atoms with van der Waals surface area (Å²) in [6.45, 7) is 5.80. The molecule has 3 rings (SSSR count). The summed E-state index contributed by atoms with van der Waals surface area (Å²) in [5.74, 6) is 0.269. The van der Waals surface area contributed by atoms with E-state index in [1.54, 1.807) is 18.2 Å². The van der Waals surface area contributed by atoms with Crippen molar-refractivity contribution < 1.29 is 19.1 Å². The fraction of sp³-hybridized carbons (Fsp3) is 0.192. The number of carbonyl (C=O) groups excluding carboxylic acids is 2. The first-order valence-electron chi connectivity index (χ1n) is 11.0. The Labute approximate surface area is 209 Å². The zero-order valence-corrected chi connectivity index (χ0v) is 20.5. The van der Waals surface area contributed by atoms with Crippen LogP contribution in [-0.4, -0.2) is 31.4 Å². The van der Waals surface area contributed by atoms with Gasteiger partial charge in [0.05, 0.1) is 17.8 Å². The second-order valence-electron chi connectivity index (χ2n) is 7.60. The van der Waals surface area contributed by atoms with E-state index in [0.717, 1.165) is 11.1 Å². The van der Waals surface area contributed by atoms with Gasteiger partial charge in [-0.1, -0.05) is 47.5 Å². The number of hydrogen-bond donors (Lipinski definition) is 3. The molecule has 182 valence electrons. The number of nitrogens with zero attached hydrogens (tertiary/aromatic N) is 1. The Balaban J connectivity index is 1.62. The number of rotatable bonds is 9. The molecule has 3 aromatic rings. The van der Waals surface area contributed by atoms with E-state index < -0.39 is 6.03 Å². The first-order valence-corrected chi connectivity index (χ1v) is 11.3. The van der Waals surface area contributed by atoms with Crippen LogP contribution < -0.4 is 25.5 Å². The number of carbonyl (C=O) groups is 2. The van der Waals surface area contributed by atoms with Gasteiger partial charge in [-0.3, -0.25) is 4.79 Å². The van der Waals surface area contributed by atoms with Gasteiger partial charge in [0, 0.05) is 11.4 Å². The molecule has 9 heteroatoms. The first kappa shape index (κ1) is 25.6. The maximum Gasteiger partial charge on any atom is 0.339 e. The summed E-state index contributed by atoms with van der Waals surface area (Å²) in [6, 6.07) is 17.6. The summed E-state index contributed by atoms with van der Waals surface area (Å²) in [7, 11) is 0. The Kier molecular flexibility index (Phi) is 9.09. The van der Waals surface area contributed by atoms with Crippen LogP contribution in [0.1, 0.15) is 23.6 Å². The highest BCUT2D eigenvalue weighted by molar-refractivity contribution is 6.32. The number of amides is 3. The minimum Gasteiger partial charge on any atom is -0.490 e. The molecule has 0 aliphatic carbocycles. The molecule has 8 nitrogen and oxygen atoms in total. The van der Waals surface area contributed by atoms with Gasteiger partial charge in [-0.15, -0.1) is 0 Å². The second kappa shape index (κ2) is 12.4. The van der Waals surface area contributed by atoms with E-state index >= 15 is 0 Å². The molecule has 0 saturated carbocycles. The summed E-state index contributed by atoms with van der Waals surface area (Å²) < 4.78 is 11.3. The minimum absolute atomic E-state index is 0.241. The van der Waals surface area contributed by atoms with Crippen LogP contribution in [0.2, 0.25) is 5.02 Å². The number of anilines is 2. The SMILES string of the molecule is CCOc1cc(C=NNC(=O)Nc2ccccc2C)cc(Cl)c1OCC(=O)Nc1ccc(C)cc1. The molecule has 0 saturated heterocycles. The summed E-state index contributed by atoms with van der Waals surface area (Å²) in [5.41, 5.74) is 6.38. The number of urea groups is 1. The lowest BCUT2D eigenvalue weighted by atomic mass is 10.2. The molecule has 0 fully saturated rings. The van der Waals surface area contributed by atoms with Crippen LogP contribution in [0.25, 0.3) is 0 Å². The molecule has 0 atom stereocenters. The molecule has 0 unspecified atom stereocenters. The standard InChI is InChI=1S/C26H27ClN4O4/c1-4-34-23-14-19(15-28-31-26(33)30-22-8-6-5-7-18(22)3)13-21(27)25(23)35-16-24(32)29-20-11-9-17(2)10-12-20/h5-15H,4,16H2,1-3H3,(H,29,32)(H2,30,31,33). The molecule has 3 N–H and O–H groups in total. The molecule has 0 spiro atoms. The quantitative estimate of drug-likeness (QED) is 0.269. The molecule has 0 aliphatic heterocycles. The highest BCUT2D eigenvalue weighted by atomic mass is 35.5. The normalized spacial score (nSPS) is 10.6. The molecule has 3 amide bonds. The average Bonchev–Trinajstić information content (AvgIpc) is 2.82. The monoisotopic (exact) mass is 494 g/mol. The Morgan fingerprint density at radius 1 is 1.00 bits per heavy atom. The van der Waals surface area contributed by atoms with Crippen molar-refractivity contribution in [2.45, 2.75) is 20.8 Å². The Hall–Kier alpha value is -4.04. The predicted octanol–water partition coefficient (Wildman–Crippen LogP) is 5.53. The van der Waals surface area contributed by atoms with Crippen LogP contribution in [0.15, 0.2) is 65.8 Å². The minimum atomic E-state index is -0.480. The molecule has 0 heterocycles. The third-order valence-electron chi connectivity index (χ3n) is 4.79. The van der Waals surface area contributed by atoms with Crippen LogP contribution in [0.3, 0.4) is 0 Å². The average molecular weight is 495 g/mol. The van der Waals surface area contributed by atoms with E-state index in [1.807, 2.05) is 63.2 Å². The summed E-state index contributed by atoms with van der Waals surface area (Å²) in [4.78, 5) is 24.4. The lowest BCUT2D eigenvalue weighted by molar-refractivity contribution is -0.118. The van der Waals surface area contributed by atoms with E-state index in [-0.39, 0.29) is 23.3 Å². The highest BCUT2D eigenvalue weighted by Gasteiger charge is 2.14. The third kappa shape index (κ3) is 7.75. The lowest BCUT2D eigenvalue weighted by Crippen LogP contribution is -2.24. The maximum absolute atomic E-state index is 12.3. The van der Waals surface area contributed by atoms with Crippen LogP contribution in [0.5, 0.6) is 11.5 Å². The summed E-state index contributed by atoms with van der Waals surface area (Å²) in [6.07, 6.45) is 1.43. The van der Waals surface area contributed by atoms with Gasteiger partial charge >= 0.3 is 6.03 Å². The van der Waals surface area contributed by atoms with Crippen LogP contribution in [-0.2, 0) is 4.79 Å². The number of hydrazone groups is 1. The predicted molar refractivity (Wildman–Crippen MR) is 139 cm³/mol. The molecule has 35 heavy (non-hydrogen) atoms. The maximum atomic E-state index is 12.3. The zero-order valence-electron chi connectivity index (χ0n) is 19.7. The van der Waals surface area contributed by atoms with Gasteiger partial charge in [-0.25, -0.2) is 10.2 Å². The fourth-order valence-electron chi connectivity index (χ4n) is 3.07. The highest BCUT2D eigenvalue weighted by Crippen LogP contribution is 2.36. The van der Waals surface area contributed by atoms with E-state index in [9.17, 15) is 9.59 Å². The third-order valence-corrected chi connectivity index (χ3v) is 5.07. The van der Waals surface area contributed by atoms with Gasteiger partial charge in [0.25, 0.3) is 5.91 Å². The number of para-hydroxylation sites is 1. The summed E-state index contributed by atoms with van der Waals surface area (Å²) >= 11 is 6.40. The number of halogens is 1. The van der Waals surface area contributed by atoms with Crippen molar-refractivity contribution in [1.82, 2.24) is 5.43 Å². The lowest BCUT2D eigenvalue weighted by Gasteiger charge is -2.14. The van der Waals surface area contributed by atoms with E-state index in [4.69, 9.17) is 21.1 Å². The van der Waals surface area contributed by atoms with Gasteiger partial charge in [0.15, 0.2) is 18.1 Å². The molecule has 0 aromatic heterocycles. The van der Waals surface area contributed by atoms with Crippen molar-refractivity contribution in [3.05, 3.63) is 82.4 Å². The Morgan fingerprint density at radius 3 is 2.46 bits per heavy atom. The largest absolute Gasteiger partial charge is 0.490 e. The second-order valence-corrected chi connectivity index (χ2v) is 8.01. The van der Waals surface area contributed by atoms with Gasteiger partial charge in [-0.05, 0) is 62.2 Å². The van der Waals surface area contributed by atoms with Crippen molar-refractivity contribution in [2.24, 2.45) is 5.10 Å². The van der Waals surface area contributed by atoms with E-state index in [0.29, 0.717) is 29.3 Å². The number of ether oxygens (including phenoxy) is 2. The first-order chi connectivity index (χ1) is 16.9. The van der Waals surface area contributed by atoms with Gasteiger partial charge < -0.3 is 20.1 Å². The van der Waals surface area contributed by atoms with E-state index in [1.165, 1.54) is 6.21 Å². The number of aryl methyl sites for hydroxylation is 2. The van der Waals surface area contributed by atoms with Crippen LogP contribution >= 0.6 is 11.6 Å². The van der Waals surface area contributed by atoms with Crippen molar-refractivity contribution >= 4 is 41.1 Å². The Bertz CT molecular complexity index is 1210. The van der Waals surface area contributed by atoms with Crippen molar-refractivity contribution in [3.63, 3.8) is 0 Å². The van der Waals surface area contributed by atoms with E-state index in [2.05, 4.69) is 21.2 Å². The topological polar surface area (TPSA) is 101 Å². The molecule has 0 radical (unpaired) electrons. The van der Waals surface area contributed by atoms with Crippen LogP contribution in [0, 0.1) is 13.8 Å². The fourth-order valence-corrected chi connectivity index (χ4v) is 3.34. The van der Waals surface area contributed by atoms with Crippen molar-refractivity contribution in [2.75, 3.05) is 23.8 Å². The van der Waals surface area contributed by atoms with Gasteiger partial charge in [0.2, 0.25) is 0 Å². The molecule has 3 aromatic carbocycles.